The number of nitrogens with zero attached hydrogens (tertiary/aromatic N) is 3. The number of halogens is 19. The van der Waals surface area contributed by atoms with Crippen LogP contribution in [0.15, 0.2) is 77.1 Å². The van der Waals surface area contributed by atoms with Crippen molar-refractivity contribution in [2.75, 3.05) is 19.8 Å². The van der Waals surface area contributed by atoms with Crippen molar-refractivity contribution < 1.29 is 88.5 Å². The molecular weight excluding hydrogens is 1080 g/mol. The molecule has 0 N–H and O–H groups in total. The molecule has 1 aliphatic rings. The second-order valence-corrected chi connectivity index (χ2v) is 17.0. The lowest BCUT2D eigenvalue weighted by Crippen LogP contribution is -2.74. The van der Waals surface area contributed by atoms with Gasteiger partial charge in [0, 0.05) is 16.5 Å². The van der Waals surface area contributed by atoms with Crippen LogP contribution in [0.25, 0.3) is 24.3 Å². The largest absolute Gasteiger partial charge is 0.485 e. The van der Waals surface area contributed by atoms with Gasteiger partial charge >= 0.3 is 47.6 Å². The van der Waals surface area contributed by atoms with Crippen molar-refractivity contribution in [1.82, 2.24) is 5.01 Å². The maximum atomic E-state index is 15.2. The van der Waals surface area contributed by atoms with Crippen LogP contribution < -0.4 is 9.47 Å². The molecule has 5 nitrogen and oxygen atoms in total. The minimum atomic E-state index is -8.68. The van der Waals surface area contributed by atoms with E-state index in [1.165, 1.54) is 40.6 Å². The molecule has 1 aliphatic heterocycles. The Morgan fingerprint density at radius 3 is 1.60 bits per heavy atom. The number of hydrogen-bond donors (Lipinski definition) is 0. The second kappa shape index (κ2) is 19.7. The number of fused-ring (bicyclic) bond motifs is 1. The molecule has 0 bridgehead atoms. The van der Waals surface area contributed by atoms with Gasteiger partial charge in [0.25, 0.3) is 0 Å². The summed E-state index contributed by atoms with van der Waals surface area (Å²) in [6, 6.07) is 16.2. The van der Waals surface area contributed by atoms with Crippen molar-refractivity contribution >= 4 is 63.9 Å². The summed E-state index contributed by atoms with van der Waals surface area (Å²) in [5, 5.41) is 9.30. The zero-order valence-corrected chi connectivity index (χ0v) is 36.8. The van der Waals surface area contributed by atoms with E-state index in [1.807, 2.05) is 36.4 Å². The van der Waals surface area contributed by atoms with Crippen LogP contribution in [-0.4, -0.2) is 72.4 Å². The summed E-state index contributed by atoms with van der Waals surface area (Å²) in [4.78, 5) is 1.54. The Kier molecular flexibility index (Phi) is 15.7. The van der Waals surface area contributed by atoms with Crippen LogP contribution in [0, 0.1) is 9.39 Å². The molecule has 3 aromatic carbocycles. The first kappa shape index (κ1) is 53.3. The zero-order chi connectivity index (χ0) is 50.0. The molecule has 67 heavy (non-hydrogen) atoms. The maximum absolute atomic E-state index is 15.2. The van der Waals surface area contributed by atoms with Crippen LogP contribution >= 0.6 is 33.9 Å². The van der Waals surface area contributed by atoms with Crippen molar-refractivity contribution in [1.29, 1.82) is 0 Å². The monoisotopic (exact) mass is 1110 g/mol. The fourth-order valence-corrected chi connectivity index (χ4v) is 7.40. The summed E-state index contributed by atoms with van der Waals surface area (Å²) in [6.45, 7) is 2.51. The lowest BCUT2D eigenvalue weighted by molar-refractivity contribution is -0.461. The number of benzene rings is 3. The van der Waals surface area contributed by atoms with Gasteiger partial charge in [-0.2, -0.15) is 74.6 Å². The minimum Gasteiger partial charge on any atom is -0.485 e. The van der Waals surface area contributed by atoms with Crippen molar-refractivity contribution in [2.24, 2.45) is 10.3 Å². The third kappa shape index (κ3) is 10.6. The average molecular weight is 1110 g/mol. The van der Waals surface area contributed by atoms with E-state index in [4.69, 9.17) is 9.47 Å². The Labute approximate surface area is 386 Å². The van der Waals surface area contributed by atoms with E-state index in [0.29, 0.717) is 42.3 Å². The second-order valence-electron chi connectivity index (χ2n) is 14.7. The molecule has 0 fully saturated rings. The van der Waals surface area contributed by atoms with Gasteiger partial charge in [-0.3, -0.25) is 5.01 Å². The molecule has 366 valence electrons. The first-order valence-electron chi connectivity index (χ1n) is 19.2. The quantitative estimate of drug-likeness (QED) is 0.0407. The van der Waals surface area contributed by atoms with E-state index < -0.39 is 71.9 Å². The summed E-state index contributed by atoms with van der Waals surface area (Å²) in [5.74, 6) is -56.3. The number of thiophene rings is 1. The summed E-state index contributed by atoms with van der Waals surface area (Å²) in [6.07, 6.45) is -4.11. The molecule has 0 spiro atoms. The Bertz CT molecular complexity index is 2440. The predicted molar refractivity (Wildman–Crippen MR) is 219 cm³/mol. The molecule has 4 aromatic rings. The molecule has 2 heterocycles. The molecule has 5 rings (SSSR count). The molecular formula is C42H32F18IN3O2S. The Morgan fingerprint density at radius 2 is 1.09 bits per heavy atom. The average Bonchev–Trinajstić information content (AvgIpc) is 3.61. The van der Waals surface area contributed by atoms with Crippen molar-refractivity contribution in [2.45, 2.75) is 80.4 Å². The van der Waals surface area contributed by atoms with Gasteiger partial charge in [-0.15, -0.1) is 16.5 Å². The number of rotatable bonds is 19. The number of hydrogen-bond acceptors (Lipinski definition) is 5. The summed E-state index contributed by atoms with van der Waals surface area (Å²) < 4.78 is 260. The van der Waals surface area contributed by atoms with E-state index >= 15 is 4.39 Å². The van der Waals surface area contributed by atoms with Crippen LogP contribution in [0.1, 0.15) is 51.8 Å². The minimum absolute atomic E-state index is 0.110. The van der Waals surface area contributed by atoms with E-state index in [-0.39, 0.29) is 18.8 Å². The molecule has 25 heteroatoms. The van der Waals surface area contributed by atoms with Crippen LogP contribution in [0.5, 0.6) is 11.5 Å². The van der Waals surface area contributed by atoms with Crippen LogP contribution in [0.4, 0.5) is 84.7 Å². The highest BCUT2D eigenvalue weighted by Crippen LogP contribution is 2.64. The van der Waals surface area contributed by atoms with Gasteiger partial charge in [0.15, 0.2) is 17.3 Å². The lowest BCUT2D eigenvalue weighted by Gasteiger charge is -2.42. The maximum Gasteiger partial charge on any atom is 0.460 e. The lowest BCUT2D eigenvalue weighted by atomic mass is 9.87. The van der Waals surface area contributed by atoms with Gasteiger partial charge in [0.1, 0.15) is 18.9 Å². The normalized spacial score (nSPS) is 14.8. The summed E-state index contributed by atoms with van der Waals surface area (Å²) >= 11 is 3.61. The van der Waals surface area contributed by atoms with Crippen molar-refractivity contribution in [3.63, 3.8) is 0 Å². The summed E-state index contributed by atoms with van der Waals surface area (Å²) in [5.41, 5.74) is 1.15. The number of alkyl halides is 17. The topological polar surface area (TPSA) is 46.4 Å². The standard InChI is InChI=1S/C42H32F18IN3O2S/c1-2-19-64(63-62-30-14-9-26(22-29(30)43)11-16-32-34-33(65-20-21-66-34)31(67-32)15-10-24-7-12-28(61)13-8-24)23-27-5-3-25(4-6-27)17-18-35(44,45)36(46,47)37(48,49)38(50,51)39(52,53)40(54,55)41(56,57)42(58,59)60/h3-16,22H,2,17-21,23H2,1H3/b15-10+,16-11+,63-62?. The van der Waals surface area contributed by atoms with Crippen molar-refractivity contribution in [3.8, 4) is 11.5 Å². The fraction of sp³-hybridized carbons (Fsp3) is 0.381. The Morgan fingerprint density at radius 1 is 0.612 bits per heavy atom. The smallest absolute Gasteiger partial charge is 0.460 e. The van der Waals surface area contributed by atoms with Gasteiger partial charge in [-0.25, -0.2) is 4.39 Å². The Balaban J connectivity index is 1.23. The highest BCUT2D eigenvalue weighted by atomic mass is 127. The van der Waals surface area contributed by atoms with Gasteiger partial charge in [-0.1, -0.05) is 66.8 Å². The number of ether oxygens (including phenoxy) is 2. The van der Waals surface area contributed by atoms with Crippen LogP contribution in [0.3, 0.4) is 0 Å². The third-order valence-electron chi connectivity index (χ3n) is 9.81. The highest BCUT2D eigenvalue weighted by Gasteiger charge is 2.95. The highest BCUT2D eigenvalue weighted by molar-refractivity contribution is 14.1. The molecule has 0 amide bonds. The summed E-state index contributed by atoms with van der Waals surface area (Å²) in [7, 11) is 0. The SMILES string of the molecule is CCCN(Cc1ccc(CCC(F)(F)C(F)(F)C(F)(F)C(F)(F)C(F)(F)C(F)(F)C(F)(F)C(F)(F)F)cc1)N=Nc1ccc(/C=C/c2sc(/C=C/c3ccc(I)cc3)c3c2OCCO3)cc1F. The first-order valence-corrected chi connectivity index (χ1v) is 21.1. The fourth-order valence-electron chi connectivity index (χ4n) is 6.04. The molecule has 0 saturated heterocycles. The van der Waals surface area contributed by atoms with Gasteiger partial charge in [-0.05, 0) is 94.1 Å². The molecule has 0 saturated carbocycles. The molecule has 0 radical (unpaired) electrons. The Hall–Kier alpha value is -4.69. The molecule has 0 atom stereocenters. The van der Waals surface area contributed by atoms with Gasteiger partial charge in [0.2, 0.25) is 0 Å². The first-order chi connectivity index (χ1) is 30.9. The zero-order valence-electron chi connectivity index (χ0n) is 33.9. The predicted octanol–water partition coefficient (Wildman–Crippen LogP) is 15.5. The third-order valence-corrected chi connectivity index (χ3v) is 11.6. The van der Waals surface area contributed by atoms with Crippen LogP contribution in [0.2, 0.25) is 0 Å². The number of aryl methyl sites for hydroxylation is 1. The molecule has 0 unspecified atom stereocenters. The van der Waals surface area contributed by atoms with E-state index in [1.54, 1.807) is 25.1 Å². The van der Waals surface area contributed by atoms with Gasteiger partial charge in [0.05, 0.1) is 16.3 Å². The van der Waals surface area contributed by atoms with Crippen LogP contribution in [-0.2, 0) is 13.0 Å². The van der Waals surface area contributed by atoms with E-state index in [2.05, 4.69) is 32.9 Å². The van der Waals surface area contributed by atoms with E-state index in [0.717, 1.165) is 31.0 Å². The molecule has 1 aromatic heterocycles. The molecule has 0 aliphatic carbocycles. The van der Waals surface area contributed by atoms with Crippen molar-refractivity contribution in [3.05, 3.63) is 108 Å². The van der Waals surface area contributed by atoms with Gasteiger partial charge < -0.3 is 9.47 Å². The van der Waals surface area contributed by atoms with E-state index in [9.17, 15) is 74.6 Å².